The van der Waals surface area contributed by atoms with Crippen LogP contribution in [-0.4, -0.2) is 61.6 Å². The Labute approximate surface area is 177 Å². The molecular formula is C21H21N5O3S. The Morgan fingerprint density at radius 3 is 2.57 bits per heavy atom. The molecule has 0 aliphatic carbocycles. The highest BCUT2D eigenvalue weighted by Gasteiger charge is 2.33. The number of fused-ring (bicyclic) bond motifs is 1. The van der Waals surface area contributed by atoms with Crippen molar-refractivity contribution in [2.75, 3.05) is 26.2 Å². The van der Waals surface area contributed by atoms with Crippen LogP contribution in [0.4, 0.5) is 0 Å². The molecule has 4 aromatic rings. The first-order valence-corrected chi connectivity index (χ1v) is 10.6. The molecule has 0 bridgehead atoms. The van der Waals surface area contributed by atoms with Gasteiger partial charge < -0.3 is 14.4 Å². The summed E-state index contributed by atoms with van der Waals surface area (Å²) in [6.07, 6.45) is 1.51. The number of piperazine rings is 1. The first-order valence-electron chi connectivity index (χ1n) is 9.78. The summed E-state index contributed by atoms with van der Waals surface area (Å²) in [7, 11) is 0. The van der Waals surface area contributed by atoms with Gasteiger partial charge in [-0.3, -0.25) is 9.69 Å². The predicted molar refractivity (Wildman–Crippen MR) is 112 cm³/mol. The van der Waals surface area contributed by atoms with Crippen LogP contribution in [0.5, 0.6) is 5.88 Å². The zero-order chi connectivity index (χ0) is 20.7. The predicted octanol–water partition coefficient (Wildman–Crippen LogP) is 2.95. The van der Waals surface area contributed by atoms with Gasteiger partial charge in [-0.25, -0.2) is 4.98 Å². The SMILES string of the molecule is Cc1nc2sc([C@H](c3ccccc3)N3CCN(C(=O)c4ccco4)CC3)c(O)n2n1. The normalized spacial score (nSPS) is 16.2. The Morgan fingerprint density at radius 1 is 1.13 bits per heavy atom. The lowest BCUT2D eigenvalue weighted by Gasteiger charge is -2.38. The number of hydrogen-bond donors (Lipinski definition) is 1. The molecule has 8 nitrogen and oxygen atoms in total. The summed E-state index contributed by atoms with van der Waals surface area (Å²) in [5, 5.41) is 15.2. The number of aromatic nitrogens is 3. The van der Waals surface area contributed by atoms with E-state index in [4.69, 9.17) is 4.42 Å². The lowest BCUT2D eigenvalue weighted by Crippen LogP contribution is -2.49. The van der Waals surface area contributed by atoms with E-state index in [-0.39, 0.29) is 17.8 Å². The third kappa shape index (κ3) is 3.25. The monoisotopic (exact) mass is 423 g/mol. The van der Waals surface area contributed by atoms with E-state index in [1.54, 1.807) is 12.1 Å². The molecule has 4 heterocycles. The Hall–Kier alpha value is -3.17. The number of amides is 1. The van der Waals surface area contributed by atoms with E-state index < -0.39 is 0 Å². The van der Waals surface area contributed by atoms with Gasteiger partial charge in [0.05, 0.1) is 17.2 Å². The lowest BCUT2D eigenvalue weighted by molar-refractivity contribution is 0.0568. The molecular weight excluding hydrogens is 402 g/mol. The first-order chi connectivity index (χ1) is 14.6. The summed E-state index contributed by atoms with van der Waals surface area (Å²) < 4.78 is 6.76. The maximum atomic E-state index is 12.6. The quantitative estimate of drug-likeness (QED) is 0.543. The van der Waals surface area contributed by atoms with Crippen molar-refractivity contribution in [2.24, 2.45) is 0 Å². The molecule has 30 heavy (non-hydrogen) atoms. The van der Waals surface area contributed by atoms with E-state index in [2.05, 4.69) is 27.1 Å². The molecule has 0 spiro atoms. The second-order valence-corrected chi connectivity index (χ2v) is 8.27. The minimum Gasteiger partial charge on any atom is -0.492 e. The molecule has 1 amide bonds. The number of aryl methyl sites for hydroxylation is 1. The molecule has 5 rings (SSSR count). The number of aromatic hydroxyl groups is 1. The summed E-state index contributed by atoms with van der Waals surface area (Å²) in [5.74, 6) is 1.03. The second-order valence-electron chi connectivity index (χ2n) is 7.26. The average molecular weight is 423 g/mol. The van der Waals surface area contributed by atoms with E-state index >= 15 is 0 Å². The number of rotatable bonds is 4. The molecule has 1 saturated heterocycles. The molecule has 0 unspecified atom stereocenters. The Bertz CT molecular complexity index is 1160. The van der Waals surface area contributed by atoms with Crippen LogP contribution in [0.15, 0.2) is 53.1 Å². The van der Waals surface area contributed by atoms with Gasteiger partial charge in [0.1, 0.15) is 5.82 Å². The number of furan rings is 1. The Balaban J connectivity index is 1.44. The molecule has 0 saturated carbocycles. The highest BCUT2D eigenvalue weighted by molar-refractivity contribution is 7.17. The van der Waals surface area contributed by atoms with E-state index in [0.717, 1.165) is 10.4 Å². The lowest BCUT2D eigenvalue weighted by atomic mass is 10.0. The van der Waals surface area contributed by atoms with Crippen molar-refractivity contribution in [1.82, 2.24) is 24.4 Å². The molecule has 1 aromatic carbocycles. The van der Waals surface area contributed by atoms with Gasteiger partial charge in [-0.15, -0.1) is 5.10 Å². The number of benzene rings is 1. The zero-order valence-corrected chi connectivity index (χ0v) is 17.2. The van der Waals surface area contributed by atoms with E-state index in [9.17, 15) is 9.90 Å². The number of carbonyl (C=O) groups excluding carboxylic acids is 1. The van der Waals surface area contributed by atoms with Crippen molar-refractivity contribution in [3.8, 4) is 5.88 Å². The van der Waals surface area contributed by atoms with Crippen molar-refractivity contribution < 1.29 is 14.3 Å². The molecule has 1 aliphatic heterocycles. The summed E-state index contributed by atoms with van der Waals surface area (Å²) in [6, 6.07) is 13.4. The third-order valence-electron chi connectivity index (χ3n) is 5.37. The van der Waals surface area contributed by atoms with Crippen LogP contribution in [0.2, 0.25) is 0 Å². The van der Waals surface area contributed by atoms with Gasteiger partial charge in [0.25, 0.3) is 5.91 Å². The van der Waals surface area contributed by atoms with Crippen LogP contribution in [0.25, 0.3) is 4.96 Å². The molecule has 1 atom stereocenters. The molecule has 1 N–H and O–H groups in total. The largest absolute Gasteiger partial charge is 0.492 e. The molecule has 1 aliphatic rings. The smallest absolute Gasteiger partial charge is 0.289 e. The maximum Gasteiger partial charge on any atom is 0.289 e. The fourth-order valence-corrected chi connectivity index (χ4v) is 5.09. The first kappa shape index (κ1) is 18.8. The third-order valence-corrected chi connectivity index (χ3v) is 6.44. The van der Waals surface area contributed by atoms with E-state index in [0.29, 0.717) is 42.7 Å². The molecule has 0 radical (unpaired) electrons. The Kier molecular flexibility index (Phi) is 4.76. The second kappa shape index (κ2) is 7.58. The number of nitrogens with zero attached hydrogens (tertiary/aromatic N) is 5. The van der Waals surface area contributed by atoms with Crippen molar-refractivity contribution in [3.63, 3.8) is 0 Å². The van der Waals surface area contributed by atoms with Crippen LogP contribution in [-0.2, 0) is 0 Å². The van der Waals surface area contributed by atoms with Gasteiger partial charge >= 0.3 is 0 Å². The van der Waals surface area contributed by atoms with Crippen molar-refractivity contribution in [2.45, 2.75) is 13.0 Å². The summed E-state index contributed by atoms with van der Waals surface area (Å²) in [4.78, 5) is 22.6. The molecule has 3 aromatic heterocycles. The average Bonchev–Trinajstić information content (AvgIpc) is 3.49. The zero-order valence-electron chi connectivity index (χ0n) is 16.4. The van der Waals surface area contributed by atoms with Gasteiger partial charge in [0.2, 0.25) is 10.8 Å². The van der Waals surface area contributed by atoms with E-state index in [1.165, 1.54) is 22.1 Å². The van der Waals surface area contributed by atoms with Gasteiger partial charge in [0, 0.05) is 26.2 Å². The minimum atomic E-state index is -0.138. The van der Waals surface area contributed by atoms with Crippen LogP contribution in [0, 0.1) is 6.92 Å². The summed E-state index contributed by atoms with van der Waals surface area (Å²) in [5.41, 5.74) is 1.08. The van der Waals surface area contributed by atoms with Gasteiger partial charge in [-0.2, -0.15) is 4.52 Å². The number of hydrogen-bond acceptors (Lipinski definition) is 7. The molecule has 154 valence electrons. The van der Waals surface area contributed by atoms with Crippen LogP contribution in [0.3, 0.4) is 0 Å². The van der Waals surface area contributed by atoms with Crippen LogP contribution < -0.4 is 0 Å². The van der Waals surface area contributed by atoms with Crippen LogP contribution in [0.1, 0.15) is 32.9 Å². The fourth-order valence-electron chi connectivity index (χ4n) is 3.93. The standard InChI is InChI=1S/C21H21N5O3S/c1-14-22-21-26(23-14)20(28)18(30-21)17(15-6-3-2-4-7-15)24-9-11-25(12-10-24)19(27)16-8-5-13-29-16/h2-8,13,17,28H,9-12H2,1H3/t17-/m0/s1. The van der Waals surface area contributed by atoms with Gasteiger partial charge in [-0.1, -0.05) is 41.7 Å². The fraction of sp³-hybridized carbons (Fsp3) is 0.286. The van der Waals surface area contributed by atoms with Crippen molar-refractivity contribution in [3.05, 3.63) is 70.8 Å². The minimum absolute atomic E-state index is 0.0898. The summed E-state index contributed by atoms with van der Waals surface area (Å²) in [6.45, 7) is 4.34. The van der Waals surface area contributed by atoms with E-state index in [1.807, 2.05) is 30.0 Å². The number of carbonyl (C=O) groups is 1. The van der Waals surface area contributed by atoms with Crippen molar-refractivity contribution >= 4 is 22.2 Å². The Morgan fingerprint density at radius 2 is 1.90 bits per heavy atom. The van der Waals surface area contributed by atoms with Crippen LogP contribution >= 0.6 is 11.3 Å². The molecule has 1 fully saturated rings. The maximum absolute atomic E-state index is 12.6. The number of thiazole rings is 1. The summed E-state index contributed by atoms with van der Waals surface area (Å²) >= 11 is 1.45. The van der Waals surface area contributed by atoms with Gasteiger partial charge in [-0.05, 0) is 24.6 Å². The topological polar surface area (TPSA) is 87.1 Å². The highest BCUT2D eigenvalue weighted by Crippen LogP contribution is 2.40. The highest BCUT2D eigenvalue weighted by atomic mass is 32.1. The van der Waals surface area contributed by atoms with Gasteiger partial charge in [0.15, 0.2) is 5.76 Å². The van der Waals surface area contributed by atoms with Crippen molar-refractivity contribution in [1.29, 1.82) is 0 Å². The molecule has 9 heteroatoms.